The van der Waals surface area contributed by atoms with Gasteiger partial charge in [0.15, 0.2) is 0 Å². The third-order valence-corrected chi connectivity index (χ3v) is 11.0. The minimum absolute atomic E-state index is 0.0653. The van der Waals surface area contributed by atoms with Gasteiger partial charge < -0.3 is 14.5 Å². The second-order valence-corrected chi connectivity index (χ2v) is 13.6. The van der Waals surface area contributed by atoms with Crippen LogP contribution in [0.5, 0.6) is 0 Å². The minimum atomic E-state index is -0.307. The van der Waals surface area contributed by atoms with E-state index in [0.29, 0.717) is 23.4 Å². The van der Waals surface area contributed by atoms with Crippen LogP contribution in [-0.2, 0) is 4.74 Å². The van der Waals surface area contributed by atoms with Crippen LogP contribution < -0.4 is 0 Å². The van der Waals surface area contributed by atoms with Gasteiger partial charge in [0.1, 0.15) is 5.60 Å². The van der Waals surface area contributed by atoms with Gasteiger partial charge in [0.2, 0.25) is 0 Å². The van der Waals surface area contributed by atoms with E-state index in [0.717, 1.165) is 82.8 Å². The van der Waals surface area contributed by atoms with Crippen LogP contribution in [0.1, 0.15) is 100 Å². The number of ether oxygens (including phenoxy) is 1. The zero-order valence-corrected chi connectivity index (χ0v) is 26.4. The quantitative estimate of drug-likeness (QED) is 0.354. The van der Waals surface area contributed by atoms with Gasteiger partial charge in [0.25, 0.3) is 5.91 Å². The number of hydrogen-bond acceptors (Lipinski definition) is 5. The van der Waals surface area contributed by atoms with Gasteiger partial charge in [-0.3, -0.25) is 9.69 Å². The molecule has 8 nitrogen and oxygen atoms in total. The topological polar surface area (TPSA) is 70.9 Å². The van der Waals surface area contributed by atoms with Crippen LogP contribution in [0.15, 0.2) is 36.5 Å². The summed E-state index contributed by atoms with van der Waals surface area (Å²) in [6.07, 6.45) is 15.5. The molecule has 2 amide bonds. The third kappa shape index (κ3) is 6.50. The van der Waals surface area contributed by atoms with Crippen LogP contribution in [-0.4, -0.2) is 87.4 Å². The maximum atomic E-state index is 13.5. The maximum Gasteiger partial charge on any atom is 0.410 e. The van der Waals surface area contributed by atoms with Gasteiger partial charge in [-0.25, -0.2) is 9.48 Å². The van der Waals surface area contributed by atoms with Gasteiger partial charge in [0.05, 0.1) is 23.1 Å². The highest BCUT2D eigenvalue weighted by Crippen LogP contribution is 2.42. The van der Waals surface area contributed by atoms with Gasteiger partial charge in [-0.1, -0.05) is 57.2 Å². The van der Waals surface area contributed by atoms with E-state index in [-0.39, 0.29) is 17.6 Å². The molecule has 0 N–H and O–H groups in total. The van der Waals surface area contributed by atoms with E-state index in [1.807, 2.05) is 46.8 Å². The SMILES string of the molecule is CCCCC1CN(CC2CCCCC2)C(=O)OC12CCN(C1CCN(C(=O)c3cnn(-c4ccccc4)c3C)CC1)CC2. The fourth-order valence-electron chi connectivity index (χ4n) is 8.30. The van der Waals surface area contributed by atoms with Crippen LogP contribution >= 0.6 is 0 Å². The summed E-state index contributed by atoms with van der Waals surface area (Å²) in [5.41, 5.74) is 2.24. The second-order valence-electron chi connectivity index (χ2n) is 13.6. The van der Waals surface area contributed by atoms with Gasteiger partial charge in [-0.2, -0.15) is 5.10 Å². The molecular weight excluding hydrogens is 538 g/mol. The van der Waals surface area contributed by atoms with E-state index in [1.165, 1.54) is 44.9 Å². The first kappa shape index (κ1) is 30.2. The summed E-state index contributed by atoms with van der Waals surface area (Å²) in [5, 5.41) is 4.52. The molecule has 4 aliphatic rings. The zero-order valence-electron chi connectivity index (χ0n) is 26.4. The second kappa shape index (κ2) is 13.4. The molecule has 4 fully saturated rings. The van der Waals surface area contributed by atoms with Crippen molar-refractivity contribution in [2.75, 3.05) is 39.3 Å². The van der Waals surface area contributed by atoms with E-state index in [2.05, 4.69) is 21.8 Å². The molecule has 1 aromatic carbocycles. The highest BCUT2D eigenvalue weighted by atomic mass is 16.6. The lowest BCUT2D eigenvalue weighted by atomic mass is 9.75. The highest BCUT2D eigenvalue weighted by molar-refractivity contribution is 5.95. The molecule has 1 aliphatic carbocycles. The molecule has 43 heavy (non-hydrogen) atoms. The van der Waals surface area contributed by atoms with Gasteiger partial charge in [-0.05, 0) is 57.1 Å². The van der Waals surface area contributed by atoms with Crippen molar-refractivity contribution in [1.29, 1.82) is 0 Å². The Morgan fingerprint density at radius 2 is 1.72 bits per heavy atom. The molecule has 1 spiro atoms. The van der Waals surface area contributed by atoms with Crippen molar-refractivity contribution in [3.63, 3.8) is 0 Å². The molecule has 6 rings (SSSR count). The summed E-state index contributed by atoms with van der Waals surface area (Å²) in [6, 6.07) is 10.5. The van der Waals surface area contributed by atoms with Crippen LogP contribution in [0.25, 0.3) is 5.69 Å². The lowest BCUT2D eigenvalue weighted by molar-refractivity contribution is -0.127. The third-order valence-electron chi connectivity index (χ3n) is 11.0. The molecule has 4 heterocycles. The first-order chi connectivity index (χ1) is 21.0. The molecule has 3 aliphatic heterocycles. The molecule has 3 saturated heterocycles. The van der Waals surface area contributed by atoms with Crippen molar-refractivity contribution < 1.29 is 14.3 Å². The smallest absolute Gasteiger partial charge is 0.410 e. The number of unbranched alkanes of at least 4 members (excludes halogenated alkanes) is 1. The Hall–Kier alpha value is -2.87. The highest BCUT2D eigenvalue weighted by Gasteiger charge is 2.50. The Morgan fingerprint density at radius 3 is 2.42 bits per heavy atom. The number of nitrogens with zero attached hydrogens (tertiary/aromatic N) is 5. The minimum Gasteiger partial charge on any atom is -0.442 e. The molecular formula is C35H51N5O3. The molecule has 2 aromatic rings. The summed E-state index contributed by atoms with van der Waals surface area (Å²) in [6.45, 7) is 9.47. The van der Waals surface area contributed by atoms with Crippen molar-refractivity contribution in [3.8, 4) is 5.69 Å². The Kier molecular flexibility index (Phi) is 9.41. The monoisotopic (exact) mass is 589 g/mol. The standard InChI is InChI=1S/C35H51N5O3/c1-3-4-13-29-26-39(25-28-11-7-5-8-12-28)34(42)43-35(29)18-22-37(23-19-35)30-16-20-38(21-17-30)33(41)32-24-36-40(27(32)2)31-14-9-6-10-15-31/h6,9-10,14-15,24,28-30H,3-5,7-8,11-13,16-23,25-26H2,1-2H3. The number of rotatable bonds is 8. The Morgan fingerprint density at radius 1 is 1.00 bits per heavy atom. The zero-order chi connectivity index (χ0) is 29.8. The van der Waals surface area contributed by atoms with Crippen molar-refractivity contribution in [1.82, 2.24) is 24.5 Å². The number of hydrogen-bond donors (Lipinski definition) is 0. The van der Waals surface area contributed by atoms with Crippen molar-refractivity contribution >= 4 is 12.0 Å². The van der Waals surface area contributed by atoms with Crippen LogP contribution in [0, 0.1) is 18.8 Å². The molecule has 234 valence electrons. The van der Waals surface area contributed by atoms with Gasteiger partial charge in [-0.15, -0.1) is 0 Å². The van der Waals surface area contributed by atoms with E-state index < -0.39 is 0 Å². The normalized spacial score (nSPS) is 24.0. The number of likely N-dealkylation sites (tertiary alicyclic amines) is 2. The number of piperidine rings is 2. The largest absolute Gasteiger partial charge is 0.442 e. The fourth-order valence-corrected chi connectivity index (χ4v) is 8.30. The van der Waals surface area contributed by atoms with E-state index >= 15 is 0 Å². The predicted molar refractivity (Wildman–Crippen MR) is 168 cm³/mol. The number of carbonyl (C=O) groups excluding carboxylic acids is 2. The van der Waals surface area contributed by atoms with Crippen molar-refractivity contribution in [2.45, 2.75) is 103 Å². The molecule has 8 heteroatoms. The van der Waals surface area contributed by atoms with Crippen LogP contribution in [0.2, 0.25) is 0 Å². The molecule has 1 unspecified atom stereocenters. The Balaban J connectivity index is 1.03. The Labute approximate surface area is 257 Å². The van der Waals surface area contributed by atoms with Gasteiger partial charge >= 0.3 is 6.09 Å². The molecule has 1 saturated carbocycles. The fraction of sp³-hybridized carbons (Fsp3) is 0.686. The lowest BCUT2D eigenvalue weighted by Gasteiger charge is -2.52. The lowest BCUT2D eigenvalue weighted by Crippen LogP contribution is -2.61. The summed E-state index contributed by atoms with van der Waals surface area (Å²) in [7, 11) is 0. The average molecular weight is 590 g/mol. The van der Waals surface area contributed by atoms with Crippen molar-refractivity contribution in [2.24, 2.45) is 11.8 Å². The van der Waals surface area contributed by atoms with Crippen molar-refractivity contribution in [3.05, 3.63) is 47.8 Å². The average Bonchev–Trinajstić information content (AvgIpc) is 3.44. The van der Waals surface area contributed by atoms with Crippen LogP contribution in [0.4, 0.5) is 4.79 Å². The summed E-state index contributed by atoms with van der Waals surface area (Å²) in [5.74, 6) is 1.16. The van der Waals surface area contributed by atoms with Gasteiger partial charge in [0, 0.05) is 64.1 Å². The first-order valence-corrected chi connectivity index (χ1v) is 17.1. The summed E-state index contributed by atoms with van der Waals surface area (Å²) < 4.78 is 8.31. The van der Waals surface area contributed by atoms with E-state index in [9.17, 15) is 9.59 Å². The van der Waals surface area contributed by atoms with E-state index in [4.69, 9.17) is 4.74 Å². The first-order valence-electron chi connectivity index (χ1n) is 17.1. The number of amides is 2. The predicted octanol–water partition coefficient (Wildman–Crippen LogP) is 6.46. The molecule has 1 atom stereocenters. The number of aromatic nitrogens is 2. The Bertz CT molecular complexity index is 1220. The van der Waals surface area contributed by atoms with Crippen LogP contribution in [0.3, 0.4) is 0 Å². The number of carbonyl (C=O) groups is 2. The molecule has 0 bridgehead atoms. The number of para-hydroxylation sites is 1. The molecule has 1 aromatic heterocycles. The molecule has 0 radical (unpaired) electrons. The maximum absolute atomic E-state index is 13.5. The summed E-state index contributed by atoms with van der Waals surface area (Å²) in [4.78, 5) is 33.5. The summed E-state index contributed by atoms with van der Waals surface area (Å²) >= 11 is 0. The number of benzene rings is 1. The van der Waals surface area contributed by atoms with E-state index in [1.54, 1.807) is 6.20 Å².